The Morgan fingerprint density at radius 1 is 1.47 bits per heavy atom. The van der Waals surface area contributed by atoms with Gasteiger partial charge < -0.3 is 5.73 Å². The third-order valence-corrected chi connectivity index (χ3v) is 4.80. The van der Waals surface area contributed by atoms with Crippen LogP contribution in [0, 0.1) is 13.8 Å². The van der Waals surface area contributed by atoms with Crippen LogP contribution in [0.1, 0.15) is 22.0 Å². The lowest BCUT2D eigenvalue weighted by Gasteiger charge is -2.04. The minimum absolute atomic E-state index is 0.0422. The summed E-state index contributed by atoms with van der Waals surface area (Å²) in [5.41, 5.74) is 7.39. The van der Waals surface area contributed by atoms with Crippen molar-refractivity contribution in [3.63, 3.8) is 0 Å². The first-order valence-corrected chi connectivity index (χ1v) is 7.95. The van der Waals surface area contributed by atoms with Crippen molar-refractivity contribution in [1.29, 1.82) is 0 Å². The van der Waals surface area contributed by atoms with Crippen molar-refractivity contribution in [3.05, 3.63) is 27.3 Å². The number of H-pyrrole nitrogens is 1. The summed E-state index contributed by atoms with van der Waals surface area (Å²) in [6.45, 7) is 3.86. The number of nitrogens with zero attached hydrogens (tertiary/aromatic N) is 2. The number of thiazole rings is 1. The molecule has 0 bridgehead atoms. The summed E-state index contributed by atoms with van der Waals surface area (Å²) in [4.78, 5) is 4.19. The number of hydrogen-bond donors (Lipinski definition) is 3. The fraction of sp³-hybridized carbons (Fsp3) is 0.400. The highest BCUT2D eigenvalue weighted by molar-refractivity contribution is 7.89. The van der Waals surface area contributed by atoms with Crippen LogP contribution in [0.25, 0.3) is 0 Å². The summed E-state index contributed by atoms with van der Waals surface area (Å²) in [6, 6.07) is 0. The summed E-state index contributed by atoms with van der Waals surface area (Å²) in [6.07, 6.45) is 0. The molecule has 0 saturated heterocycles. The molecule has 0 aliphatic heterocycles. The zero-order chi connectivity index (χ0) is 14.0. The number of aromatic amines is 1. The molecule has 4 N–H and O–H groups in total. The van der Waals surface area contributed by atoms with E-state index in [-0.39, 0.29) is 18.1 Å². The van der Waals surface area contributed by atoms with Gasteiger partial charge in [0, 0.05) is 23.2 Å². The van der Waals surface area contributed by atoms with Crippen LogP contribution in [0.3, 0.4) is 0 Å². The molecule has 19 heavy (non-hydrogen) atoms. The van der Waals surface area contributed by atoms with Gasteiger partial charge in [-0.1, -0.05) is 0 Å². The molecule has 0 radical (unpaired) electrons. The summed E-state index contributed by atoms with van der Waals surface area (Å²) in [5.74, 6) is 0. The van der Waals surface area contributed by atoms with Gasteiger partial charge in [-0.2, -0.15) is 5.10 Å². The topological polar surface area (TPSA) is 114 Å². The number of nitrogens with two attached hydrogens (primary N) is 1. The molecule has 0 aliphatic carbocycles. The van der Waals surface area contributed by atoms with Crippen LogP contribution in [0.15, 0.2) is 10.4 Å². The van der Waals surface area contributed by atoms with Gasteiger partial charge in [-0.15, -0.1) is 11.3 Å². The first kappa shape index (κ1) is 14.1. The van der Waals surface area contributed by atoms with Gasteiger partial charge in [-0.05, 0) is 13.8 Å². The van der Waals surface area contributed by atoms with Crippen molar-refractivity contribution < 1.29 is 8.42 Å². The Morgan fingerprint density at radius 3 is 2.79 bits per heavy atom. The van der Waals surface area contributed by atoms with E-state index in [1.165, 1.54) is 11.3 Å². The Balaban J connectivity index is 2.18. The summed E-state index contributed by atoms with van der Waals surface area (Å²) in [5, 5.41) is 9.11. The normalized spacial score (nSPS) is 11.9. The molecule has 7 nitrogen and oxygen atoms in total. The number of nitrogens with one attached hydrogen (secondary N) is 2. The largest absolute Gasteiger partial charge is 0.326 e. The fourth-order valence-electron chi connectivity index (χ4n) is 1.62. The van der Waals surface area contributed by atoms with Crippen LogP contribution in [0.5, 0.6) is 0 Å². The van der Waals surface area contributed by atoms with Crippen molar-refractivity contribution in [2.75, 3.05) is 0 Å². The zero-order valence-electron chi connectivity index (χ0n) is 10.6. The molecule has 2 rings (SSSR count). The lowest BCUT2D eigenvalue weighted by molar-refractivity contribution is 0.575. The molecule has 2 aromatic heterocycles. The summed E-state index contributed by atoms with van der Waals surface area (Å²) >= 11 is 1.47. The molecule has 0 spiro atoms. The summed E-state index contributed by atoms with van der Waals surface area (Å²) < 4.78 is 26.7. The average Bonchev–Trinajstić information content (AvgIpc) is 2.93. The van der Waals surface area contributed by atoms with Crippen molar-refractivity contribution >= 4 is 21.4 Å². The zero-order valence-corrected chi connectivity index (χ0v) is 12.2. The maximum atomic E-state index is 12.1. The van der Waals surface area contributed by atoms with E-state index in [0.717, 1.165) is 5.01 Å². The molecule has 104 valence electrons. The van der Waals surface area contributed by atoms with E-state index < -0.39 is 10.0 Å². The molecular formula is C10H15N5O2S2. The lowest BCUT2D eigenvalue weighted by atomic mass is 10.3. The average molecular weight is 301 g/mol. The van der Waals surface area contributed by atoms with Crippen molar-refractivity contribution in [2.45, 2.75) is 32.0 Å². The maximum Gasteiger partial charge on any atom is 0.260 e. The maximum absolute atomic E-state index is 12.1. The van der Waals surface area contributed by atoms with E-state index in [1.54, 1.807) is 6.92 Å². The van der Waals surface area contributed by atoms with Crippen LogP contribution in [-0.2, 0) is 23.1 Å². The molecular weight excluding hydrogens is 286 g/mol. The van der Waals surface area contributed by atoms with Crippen LogP contribution in [-0.4, -0.2) is 23.6 Å². The Bertz CT molecular complexity index is 674. The lowest BCUT2D eigenvalue weighted by Crippen LogP contribution is -2.25. The molecule has 0 fully saturated rings. The number of hydrogen-bond acceptors (Lipinski definition) is 6. The molecule has 0 saturated carbocycles. The minimum atomic E-state index is -3.68. The van der Waals surface area contributed by atoms with Crippen LogP contribution >= 0.6 is 11.3 Å². The third kappa shape index (κ3) is 3.00. The highest BCUT2D eigenvalue weighted by Crippen LogP contribution is 2.16. The Morgan fingerprint density at radius 2 is 2.21 bits per heavy atom. The second-order valence-corrected chi connectivity index (χ2v) is 6.76. The van der Waals surface area contributed by atoms with Crippen molar-refractivity contribution in [2.24, 2.45) is 5.73 Å². The number of aromatic nitrogens is 3. The van der Waals surface area contributed by atoms with Gasteiger partial charge in [0.2, 0.25) is 0 Å². The Labute approximate surface area is 115 Å². The molecule has 2 aromatic rings. The standard InChI is InChI=1S/C10H15N5O2S2/c1-6-9(3-11)10(15-14-6)19(16,17)12-4-8-5-18-7(2)13-8/h5,12H,3-4,11H2,1-2H3,(H,14,15). The Kier molecular flexibility index (Phi) is 3.99. The molecule has 0 aromatic carbocycles. The van der Waals surface area contributed by atoms with Gasteiger partial charge in [0.1, 0.15) is 0 Å². The van der Waals surface area contributed by atoms with E-state index in [9.17, 15) is 8.42 Å². The molecule has 0 aliphatic rings. The predicted octanol–water partition coefficient (Wildman–Crippen LogP) is 0.420. The van der Waals surface area contributed by atoms with Crippen LogP contribution in [0.4, 0.5) is 0 Å². The second kappa shape index (κ2) is 5.37. The van der Waals surface area contributed by atoms with E-state index in [0.29, 0.717) is 17.0 Å². The quantitative estimate of drug-likeness (QED) is 0.740. The van der Waals surface area contributed by atoms with Gasteiger partial charge in [-0.3, -0.25) is 5.10 Å². The van der Waals surface area contributed by atoms with Gasteiger partial charge >= 0.3 is 0 Å². The van der Waals surface area contributed by atoms with E-state index in [1.807, 2.05) is 12.3 Å². The number of sulfonamides is 1. The van der Waals surface area contributed by atoms with Gasteiger partial charge in [-0.25, -0.2) is 18.1 Å². The molecule has 0 amide bonds. The first-order chi connectivity index (χ1) is 8.94. The minimum Gasteiger partial charge on any atom is -0.326 e. The predicted molar refractivity (Wildman–Crippen MR) is 72.1 cm³/mol. The van der Waals surface area contributed by atoms with Crippen molar-refractivity contribution in [1.82, 2.24) is 19.9 Å². The molecule has 9 heteroatoms. The van der Waals surface area contributed by atoms with E-state index in [2.05, 4.69) is 19.9 Å². The SMILES string of the molecule is Cc1nc(CNS(=O)(=O)c2n[nH]c(C)c2CN)cs1. The second-order valence-electron chi connectivity index (χ2n) is 4.02. The number of rotatable bonds is 5. The monoisotopic (exact) mass is 301 g/mol. The smallest absolute Gasteiger partial charge is 0.260 e. The number of aryl methyl sites for hydroxylation is 2. The molecule has 0 unspecified atom stereocenters. The highest BCUT2D eigenvalue weighted by Gasteiger charge is 2.22. The van der Waals surface area contributed by atoms with Crippen LogP contribution < -0.4 is 10.5 Å². The Hall–Kier alpha value is -1.29. The van der Waals surface area contributed by atoms with E-state index >= 15 is 0 Å². The van der Waals surface area contributed by atoms with Crippen molar-refractivity contribution in [3.8, 4) is 0 Å². The first-order valence-electron chi connectivity index (χ1n) is 5.58. The third-order valence-electron chi connectivity index (χ3n) is 2.60. The van der Waals surface area contributed by atoms with Crippen LogP contribution in [0.2, 0.25) is 0 Å². The van der Waals surface area contributed by atoms with Gasteiger partial charge in [0.25, 0.3) is 10.0 Å². The van der Waals surface area contributed by atoms with Gasteiger partial charge in [0.15, 0.2) is 5.03 Å². The van der Waals surface area contributed by atoms with E-state index in [4.69, 9.17) is 5.73 Å². The molecule has 0 atom stereocenters. The molecule has 2 heterocycles. The summed E-state index contributed by atoms with van der Waals surface area (Å²) in [7, 11) is -3.68. The fourth-order valence-corrected chi connectivity index (χ4v) is 3.43. The van der Waals surface area contributed by atoms with Gasteiger partial charge in [0.05, 0.1) is 17.2 Å². The highest BCUT2D eigenvalue weighted by atomic mass is 32.2.